The molecular weight excluding hydrogens is 146 g/mol. The number of hydrogen-bond donors (Lipinski definition) is 1. The molecule has 0 spiro atoms. The molecule has 1 N–H and O–H groups in total. The lowest BCUT2D eigenvalue weighted by molar-refractivity contribution is 0.763. The van der Waals surface area contributed by atoms with Gasteiger partial charge in [-0.1, -0.05) is 45.7 Å². The summed E-state index contributed by atoms with van der Waals surface area (Å²) >= 11 is 0. The van der Waals surface area contributed by atoms with Gasteiger partial charge >= 0.3 is 0 Å². The molecular formula is C11H17N. The van der Waals surface area contributed by atoms with Crippen molar-refractivity contribution in [2.45, 2.75) is 13.8 Å². The van der Waals surface area contributed by atoms with Crippen LogP contribution in [0.15, 0.2) is 49.4 Å². The van der Waals surface area contributed by atoms with Crippen molar-refractivity contribution in [1.82, 2.24) is 5.32 Å². The van der Waals surface area contributed by atoms with Crippen LogP contribution in [0.25, 0.3) is 0 Å². The molecule has 0 aliphatic carbocycles. The molecule has 0 aliphatic rings. The van der Waals surface area contributed by atoms with Crippen molar-refractivity contribution in [1.29, 1.82) is 0 Å². The number of allylic oxidation sites excluding steroid dienone is 3. The normalized spacial score (nSPS) is 11.1. The highest BCUT2D eigenvalue weighted by Crippen LogP contribution is 2.15. The molecule has 0 rings (SSSR count). The summed E-state index contributed by atoms with van der Waals surface area (Å²) in [6.45, 7) is 15.4. The Balaban J connectivity index is 4.51. The van der Waals surface area contributed by atoms with Gasteiger partial charge in [-0.3, -0.25) is 0 Å². The molecule has 0 bridgehead atoms. The maximum atomic E-state index is 3.89. The number of rotatable bonds is 5. The number of hydrogen-bond acceptors (Lipinski definition) is 1. The van der Waals surface area contributed by atoms with E-state index in [0.29, 0.717) is 5.92 Å². The van der Waals surface area contributed by atoms with Crippen molar-refractivity contribution in [3.8, 4) is 0 Å². The van der Waals surface area contributed by atoms with E-state index >= 15 is 0 Å². The van der Waals surface area contributed by atoms with E-state index < -0.39 is 0 Å². The predicted octanol–water partition coefficient (Wildman–Crippen LogP) is 3.00. The average Bonchev–Trinajstić information content (AvgIpc) is 1.99. The Bertz CT molecular complexity index is 209. The summed E-state index contributed by atoms with van der Waals surface area (Å²) in [4.78, 5) is 0. The Morgan fingerprint density at radius 1 is 1.33 bits per heavy atom. The lowest BCUT2D eigenvalue weighted by atomic mass is 10.0. The van der Waals surface area contributed by atoms with E-state index in [2.05, 4.69) is 38.9 Å². The summed E-state index contributed by atoms with van der Waals surface area (Å²) in [5.74, 6) is 0.447. The molecule has 0 heterocycles. The molecule has 0 fully saturated rings. The Morgan fingerprint density at radius 3 is 2.25 bits per heavy atom. The summed E-state index contributed by atoms with van der Waals surface area (Å²) in [6.07, 6.45) is 5.36. The van der Waals surface area contributed by atoms with Gasteiger partial charge in [-0.05, 0) is 17.7 Å². The largest absolute Gasteiger partial charge is 0.363 e. The Morgan fingerprint density at radius 2 is 1.92 bits per heavy atom. The van der Waals surface area contributed by atoms with Crippen LogP contribution in [-0.2, 0) is 0 Å². The first-order valence-corrected chi connectivity index (χ1v) is 4.02. The van der Waals surface area contributed by atoms with Gasteiger partial charge in [0, 0.05) is 5.70 Å². The molecule has 0 aromatic rings. The zero-order chi connectivity index (χ0) is 9.56. The van der Waals surface area contributed by atoms with E-state index in [0.717, 1.165) is 11.3 Å². The van der Waals surface area contributed by atoms with Crippen LogP contribution in [0.1, 0.15) is 13.8 Å². The smallest absolute Gasteiger partial charge is 0.0341 e. The van der Waals surface area contributed by atoms with Crippen molar-refractivity contribution in [2.24, 2.45) is 5.92 Å². The molecule has 1 nitrogen and oxygen atoms in total. The summed E-state index contributed by atoms with van der Waals surface area (Å²) in [5.41, 5.74) is 2.05. The zero-order valence-corrected chi connectivity index (χ0v) is 7.93. The van der Waals surface area contributed by atoms with Crippen LogP contribution in [-0.4, -0.2) is 0 Å². The Labute approximate surface area is 75.2 Å². The Kier molecular flexibility index (Phi) is 4.86. The van der Waals surface area contributed by atoms with Gasteiger partial charge in [-0.2, -0.15) is 0 Å². The van der Waals surface area contributed by atoms with Crippen molar-refractivity contribution in [3.63, 3.8) is 0 Å². The minimum Gasteiger partial charge on any atom is -0.363 e. The SMILES string of the molecule is C=C/C=C(\C(=C)NC=C)C(C)C. The topological polar surface area (TPSA) is 12.0 Å². The second-order valence-corrected chi connectivity index (χ2v) is 2.84. The zero-order valence-electron chi connectivity index (χ0n) is 7.93. The fraction of sp³-hybridized carbons (Fsp3) is 0.273. The van der Waals surface area contributed by atoms with Crippen LogP contribution in [0.3, 0.4) is 0 Å². The minimum atomic E-state index is 0.447. The molecule has 1 heteroatoms. The maximum absolute atomic E-state index is 3.89. The lowest BCUT2D eigenvalue weighted by Gasteiger charge is -2.13. The summed E-state index contributed by atoms with van der Waals surface area (Å²) < 4.78 is 0. The fourth-order valence-electron chi connectivity index (χ4n) is 0.975. The third-order valence-electron chi connectivity index (χ3n) is 1.54. The van der Waals surface area contributed by atoms with Gasteiger partial charge in [0.25, 0.3) is 0 Å². The van der Waals surface area contributed by atoms with Gasteiger partial charge in [-0.15, -0.1) is 0 Å². The standard InChI is InChI=1S/C11H17N/c1-6-8-11(9(3)4)10(5)12-7-2/h6-9,12H,1-2,5H2,3-4H3/b11-8-. The predicted molar refractivity (Wildman–Crippen MR) is 55.6 cm³/mol. The van der Waals surface area contributed by atoms with Gasteiger partial charge in [0.15, 0.2) is 0 Å². The molecule has 0 aromatic heterocycles. The van der Waals surface area contributed by atoms with E-state index in [1.54, 1.807) is 12.3 Å². The second-order valence-electron chi connectivity index (χ2n) is 2.84. The molecule has 0 saturated heterocycles. The van der Waals surface area contributed by atoms with Gasteiger partial charge in [-0.25, -0.2) is 0 Å². The molecule has 0 atom stereocenters. The highest BCUT2D eigenvalue weighted by molar-refractivity contribution is 5.32. The van der Waals surface area contributed by atoms with Crippen LogP contribution in [0.2, 0.25) is 0 Å². The molecule has 66 valence electrons. The van der Waals surface area contributed by atoms with Crippen LogP contribution in [0.4, 0.5) is 0 Å². The molecule has 0 unspecified atom stereocenters. The van der Waals surface area contributed by atoms with Crippen molar-refractivity contribution in [3.05, 3.63) is 49.4 Å². The molecule has 0 aromatic carbocycles. The van der Waals surface area contributed by atoms with Crippen molar-refractivity contribution >= 4 is 0 Å². The first-order valence-electron chi connectivity index (χ1n) is 4.02. The molecule has 0 aliphatic heterocycles. The fourth-order valence-corrected chi connectivity index (χ4v) is 0.975. The molecule has 0 amide bonds. The summed E-state index contributed by atoms with van der Waals surface area (Å²) in [7, 11) is 0. The van der Waals surface area contributed by atoms with Gasteiger partial charge in [0.2, 0.25) is 0 Å². The molecule has 0 radical (unpaired) electrons. The van der Waals surface area contributed by atoms with Crippen molar-refractivity contribution < 1.29 is 0 Å². The highest BCUT2D eigenvalue weighted by Gasteiger charge is 2.04. The van der Waals surface area contributed by atoms with E-state index in [4.69, 9.17) is 0 Å². The first-order chi connectivity index (χ1) is 5.63. The second kappa shape index (κ2) is 5.42. The van der Waals surface area contributed by atoms with Gasteiger partial charge < -0.3 is 5.32 Å². The van der Waals surface area contributed by atoms with E-state index in [1.165, 1.54) is 0 Å². The van der Waals surface area contributed by atoms with E-state index in [1.807, 2.05) is 6.08 Å². The average molecular weight is 163 g/mol. The molecule has 12 heavy (non-hydrogen) atoms. The van der Waals surface area contributed by atoms with E-state index in [9.17, 15) is 0 Å². The van der Waals surface area contributed by atoms with Crippen molar-refractivity contribution in [2.75, 3.05) is 0 Å². The van der Waals surface area contributed by atoms with Crippen LogP contribution in [0, 0.1) is 5.92 Å². The van der Waals surface area contributed by atoms with Crippen LogP contribution >= 0.6 is 0 Å². The lowest BCUT2D eigenvalue weighted by Crippen LogP contribution is -2.09. The van der Waals surface area contributed by atoms with Gasteiger partial charge in [0.05, 0.1) is 0 Å². The quantitative estimate of drug-likeness (QED) is 0.614. The Hall–Kier alpha value is -1.24. The third-order valence-corrected chi connectivity index (χ3v) is 1.54. The van der Waals surface area contributed by atoms with Crippen LogP contribution in [0.5, 0.6) is 0 Å². The maximum Gasteiger partial charge on any atom is 0.0341 e. The highest BCUT2D eigenvalue weighted by atomic mass is 14.8. The van der Waals surface area contributed by atoms with E-state index in [-0.39, 0.29) is 0 Å². The third kappa shape index (κ3) is 3.24. The first kappa shape index (κ1) is 10.8. The van der Waals surface area contributed by atoms with Gasteiger partial charge in [0.1, 0.15) is 0 Å². The summed E-state index contributed by atoms with van der Waals surface area (Å²) in [6, 6.07) is 0. The minimum absolute atomic E-state index is 0.447. The monoisotopic (exact) mass is 163 g/mol. The molecule has 0 saturated carbocycles. The number of nitrogens with one attached hydrogen (secondary N) is 1. The summed E-state index contributed by atoms with van der Waals surface area (Å²) in [5, 5.41) is 2.97. The van der Waals surface area contributed by atoms with Crippen LogP contribution < -0.4 is 5.32 Å².